The van der Waals surface area contributed by atoms with Crippen molar-refractivity contribution in [3.05, 3.63) is 70.7 Å². The van der Waals surface area contributed by atoms with Gasteiger partial charge in [0.25, 0.3) is 5.56 Å². The number of pyridine rings is 2. The molecule has 0 atom stereocenters. The van der Waals surface area contributed by atoms with Gasteiger partial charge in [-0.3, -0.25) is 9.78 Å². The summed E-state index contributed by atoms with van der Waals surface area (Å²) < 4.78 is 3.66. The lowest BCUT2D eigenvalue weighted by Crippen LogP contribution is -2.18. The van der Waals surface area contributed by atoms with Gasteiger partial charge in [-0.1, -0.05) is 0 Å². The first kappa shape index (κ1) is 13.3. The molecule has 3 heterocycles. The molecule has 5 heteroatoms. The van der Waals surface area contributed by atoms with Crippen molar-refractivity contribution in [2.24, 2.45) is 7.05 Å². The molecule has 0 aliphatic rings. The van der Waals surface area contributed by atoms with Gasteiger partial charge in [0.2, 0.25) is 0 Å². The Morgan fingerprint density at radius 2 is 1.95 bits per heavy atom. The number of aromatic nitrogens is 4. The summed E-state index contributed by atoms with van der Waals surface area (Å²) in [6, 6.07) is 5.85. The maximum Gasteiger partial charge on any atom is 0.253 e. The van der Waals surface area contributed by atoms with Gasteiger partial charge in [-0.15, -0.1) is 0 Å². The minimum absolute atomic E-state index is 0.0194. The molecule has 0 aliphatic heterocycles. The summed E-state index contributed by atoms with van der Waals surface area (Å²) in [7, 11) is 1.76. The smallest absolute Gasteiger partial charge is 0.253 e. The Kier molecular flexibility index (Phi) is 3.39. The highest BCUT2D eigenvalue weighted by molar-refractivity contribution is 5.55. The van der Waals surface area contributed by atoms with E-state index in [9.17, 15) is 4.79 Å². The fourth-order valence-corrected chi connectivity index (χ4v) is 2.38. The first-order valence-electron chi connectivity index (χ1n) is 6.73. The Bertz CT molecular complexity index is 792. The summed E-state index contributed by atoms with van der Waals surface area (Å²) >= 11 is 0. The molecule has 0 spiro atoms. The van der Waals surface area contributed by atoms with Gasteiger partial charge in [-0.05, 0) is 30.7 Å². The molecular formula is C16H16N4O. The molecule has 106 valence electrons. The number of imidazole rings is 1. The van der Waals surface area contributed by atoms with E-state index in [-0.39, 0.29) is 5.56 Å². The Hall–Kier alpha value is -2.69. The summed E-state index contributed by atoms with van der Waals surface area (Å²) in [5.74, 6) is 0.852. The average Bonchev–Trinajstić information content (AvgIpc) is 2.93. The van der Waals surface area contributed by atoms with Crippen molar-refractivity contribution < 1.29 is 0 Å². The molecular weight excluding hydrogens is 264 g/mol. The van der Waals surface area contributed by atoms with E-state index < -0.39 is 0 Å². The average molecular weight is 280 g/mol. The Labute approximate surface area is 122 Å². The standard InChI is InChI=1S/C16H16N4O/c1-12-9-14(11-19(2)16(12)21)15-18-7-8-20(15)10-13-3-5-17-6-4-13/h3-9,11H,10H2,1-2H3. The zero-order valence-electron chi connectivity index (χ0n) is 12.0. The van der Waals surface area contributed by atoms with Crippen LogP contribution in [0.4, 0.5) is 0 Å². The highest BCUT2D eigenvalue weighted by Gasteiger charge is 2.09. The molecule has 0 fully saturated rings. The van der Waals surface area contributed by atoms with E-state index in [1.807, 2.05) is 37.5 Å². The van der Waals surface area contributed by atoms with Gasteiger partial charge in [0.1, 0.15) is 5.82 Å². The lowest BCUT2D eigenvalue weighted by atomic mass is 10.2. The van der Waals surface area contributed by atoms with E-state index in [4.69, 9.17) is 0 Å². The first-order valence-corrected chi connectivity index (χ1v) is 6.73. The lowest BCUT2D eigenvalue weighted by molar-refractivity contribution is 0.797. The molecule has 0 aromatic carbocycles. The van der Waals surface area contributed by atoms with Gasteiger partial charge in [0.05, 0.1) is 0 Å². The normalized spacial score (nSPS) is 10.8. The first-order chi connectivity index (χ1) is 10.1. The van der Waals surface area contributed by atoms with Crippen LogP contribution in [0.2, 0.25) is 0 Å². The minimum Gasteiger partial charge on any atom is -0.327 e. The van der Waals surface area contributed by atoms with Gasteiger partial charge in [-0.25, -0.2) is 4.98 Å². The fraction of sp³-hybridized carbons (Fsp3) is 0.188. The maximum absolute atomic E-state index is 11.8. The number of hydrogen-bond acceptors (Lipinski definition) is 3. The molecule has 21 heavy (non-hydrogen) atoms. The van der Waals surface area contributed by atoms with Crippen LogP contribution in [0.3, 0.4) is 0 Å². The third-order valence-electron chi connectivity index (χ3n) is 3.44. The quantitative estimate of drug-likeness (QED) is 0.737. The molecule has 0 bridgehead atoms. The van der Waals surface area contributed by atoms with Crippen molar-refractivity contribution >= 4 is 0 Å². The molecule has 3 aromatic heterocycles. The van der Waals surface area contributed by atoms with Crippen LogP contribution in [-0.2, 0) is 13.6 Å². The molecule has 3 aromatic rings. The van der Waals surface area contributed by atoms with Crippen LogP contribution in [0, 0.1) is 6.92 Å². The van der Waals surface area contributed by atoms with E-state index >= 15 is 0 Å². The Morgan fingerprint density at radius 1 is 1.19 bits per heavy atom. The number of rotatable bonds is 3. The largest absolute Gasteiger partial charge is 0.327 e. The molecule has 5 nitrogen and oxygen atoms in total. The second kappa shape index (κ2) is 5.36. The van der Waals surface area contributed by atoms with Gasteiger partial charge in [0.15, 0.2) is 0 Å². The van der Waals surface area contributed by atoms with Crippen molar-refractivity contribution in [2.75, 3.05) is 0 Å². The van der Waals surface area contributed by atoms with Crippen LogP contribution < -0.4 is 5.56 Å². The summed E-state index contributed by atoms with van der Waals surface area (Å²) in [6.07, 6.45) is 9.10. The molecule has 0 radical (unpaired) electrons. The molecule has 3 rings (SSSR count). The zero-order valence-corrected chi connectivity index (χ0v) is 12.0. The summed E-state index contributed by atoms with van der Waals surface area (Å²) in [4.78, 5) is 20.2. The SMILES string of the molecule is Cc1cc(-c2nccn2Cc2ccncc2)cn(C)c1=O. The zero-order chi connectivity index (χ0) is 14.8. The Morgan fingerprint density at radius 3 is 2.67 bits per heavy atom. The van der Waals surface area contributed by atoms with E-state index in [1.54, 1.807) is 30.2 Å². The summed E-state index contributed by atoms with van der Waals surface area (Å²) in [6.45, 7) is 2.54. The van der Waals surface area contributed by atoms with Crippen molar-refractivity contribution in [3.63, 3.8) is 0 Å². The molecule has 0 N–H and O–H groups in total. The fourth-order valence-electron chi connectivity index (χ4n) is 2.38. The topological polar surface area (TPSA) is 52.7 Å². The molecule has 0 aliphatic carbocycles. The molecule has 0 saturated carbocycles. The van der Waals surface area contributed by atoms with Crippen molar-refractivity contribution in [1.82, 2.24) is 19.1 Å². The molecule has 0 saturated heterocycles. The minimum atomic E-state index is 0.0194. The predicted molar refractivity (Wildman–Crippen MR) is 81.0 cm³/mol. The van der Waals surface area contributed by atoms with Gasteiger partial charge in [0, 0.05) is 55.7 Å². The monoisotopic (exact) mass is 280 g/mol. The number of hydrogen-bond donors (Lipinski definition) is 0. The van der Waals surface area contributed by atoms with E-state index in [0.29, 0.717) is 5.56 Å². The lowest BCUT2D eigenvalue weighted by Gasteiger charge is -2.10. The van der Waals surface area contributed by atoms with Crippen LogP contribution in [0.1, 0.15) is 11.1 Å². The van der Waals surface area contributed by atoms with Crippen LogP contribution in [0.15, 0.2) is 54.0 Å². The second-order valence-electron chi connectivity index (χ2n) is 5.06. The van der Waals surface area contributed by atoms with Crippen LogP contribution in [0.25, 0.3) is 11.4 Å². The molecule has 0 unspecified atom stereocenters. The third kappa shape index (κ3) is 2.63. The Balaban J connectivity index is 2.01. The van der Waals surface area contributed by atoms with E-state index in [1.165, 1.54) is 0 Å². The van der Waals surface area contributed by atoms with Crippen molar-refractivity contribution in [3.8, 4) is 11.4 Å². The highest BCUT2D eigenvalue weighted by Crippen LogP contribution is 2.18. The van der Waals surface area contributed by atoms with Crippen LogP contribution in [-0.4, -0.2) is 19.1 Å². The highest BCUT2D eigenvalue weighted by atomic mass is 16.1. The number of nitrogens with zero attached hydrogens (tertiary/aromatic N) is 4. The van der Waals surface area contributed by atoms with Crippen LogP contribution >= 0.6 is 0 Å². The van der Waals surface area contributed by atoms with Crippen molar-refractivity contribution in [1.29, 1.82) is 0 Å². The summed E-state index contributed by atoms with van der Waals surface area (Å²) in [5, 5.41) is 0. The van der Waals surface area contributed by atoms with Crippen molar-refractivity contribution in [2.45, 2.75) is 13.5 Å². The summed E-state index contributed by atoms with van der Waals surface area (Å²) in [5.41, 5.74) is 2.83. The maximum atomic E-state index is 11.8. The van der Waals surface area contributed by atoms with E-state index in [0.717, 1.165) is 23.5 Å². The predicted octanol–water partition coefficient (Wildman–Crippen LogP) is 2.00. The second-order valence-corrected chi connectivity index (χ2v) is 5.06. The van der Waals surface area contributed by atoms with E-state index in [2.05, 4.69) is 14.5 Å². The van der Waals surface area contributed by atoms with Gasteiger partial charge < -0.3 is 9.13 Å². The van der Waals surface area contributed by atoms with Gasteiger partial charge in [-0.2, -0.15) is 0 Å². The number of aryl methyl sites for hydroxylation is 2. The van der Waals surface area contributed by atoms with Gasteiger partial charge >= 0.3 is 0 Å². The van der Waals surface area contributed by atoms with Crippen LogP contribution in [0.5, 0.6) is 0 Å². The molecule has 0 amide bonds. The third-order valence-corrected chi connectivity index (χ3v) is 3.44.